The van der Waals surface area contributed by atoms with E-state index in [9.17, 15) is 4.79 Å². The normalized spacial score (nSPS) is 13.9. The summed E-state index contributed by atoms with van der Waals surface area (Å²) in [6.45, 7) is 0.693. The number of hydrogen-bond donors (Lipinski definition) is 1. The van der Waals surface area contributed by atoms with E-state index < -0.39 is 0 Å². The molecule has 0 saturated heterocycles. The van der Waals surface area contributed by atoms with Gasteiger partial charge in [0.2, 0.25) is 0 Å². The molecular formula is C15H14BrN3O. The van der Waals surface area contributed by atoms with Crippen molar-refractivity contribution >= 4 is 33.2 Å². The summed E-state index contributed by atoms with van der Waals surface area (Å²) < 4.78 is 0.709. The average Bonchev–Trinajstić information content (AvgIpc) is 2.46. The number of fused-ring (bicyclic) bond motifs is 1. The highest BCUT2D eigenvalue weighted by Gasteiger charge is 2.25. The number of benzene rings is 1. The smallest absolute Gasteiger partial charge is 0.278 e. The second-order valence-corrected chi connectivity index (χ2v) is 5.64. The Kier molecular flexibility index (Phi) is 3.44. The van der Waals surface area contributed by atoms with Crippen LogP contribution in [0, 0.1) is 0 Å². The highest BCUT2D eigenvalue weighted by Crippen LogP contribution is 2.30. The minimum atomic E-state index is -0.0935. The van der Waals surface area contributed by atoms with E-state index in [1.165, 1.54) is 0 Å². The monoisotopic (exact) mass is 331 g/mol. The van der Waals surface area contributed by atoms with Crippen LogP contribution in [0.15, 0.2) is 41.0 Å². The number of carbonyl (C=O) groups is 1. The van der Waals surface area contributed by atoms with Gasteiger partial charge in [-0.1, -0.05) is 6.07 Å². The van der Waals surface area contributed by atoms with Crippen molar-refractivity contribution in [2.24, 2.45) is 0 Å². The number of halogens is 1. The van der Waals surface area contributed by atoms with E-state index in [4.69, 9.17) is 5.73 Å². The highest BCUT2D eigenvalue weighted by molar-refractivity contribution is 9.10. The molecule has 0 unspecified atom stereocenters. The highest BCUT2D eigenvalue weighted by atomic mass is 79.9. The first-order valence-corrected chi connectivity index (χ1v) is 7.27. The number of amides is 1. The molecule has 1 aliphatic rings. The topological polar surface area (TPSA) is 59.2 Å². The third kappa shape index (κ3) is 2.29. The van der Waals surface area contributed by atoms with Gasteiger partial charge in [0.1, 0.15) is 5.69 Å². The van der Waals surface area contributed by atoms with Crippen molar-refractivity contribution in [3.8, 4) is 0 Å². The molecule has 0 fully saturated rings. The van der Waals surface area contributed by atoms with Crippen molar-refractivity contribution in [2.75, 3.05) is 17.2 Å². The molecule has 20 heavy (non-hydrogen) atoms. The largest absolute Gasteiger partial charge is 0.399 e. The lowest BCUT2D eigenvalue weighted by Gasteiger charge is -2.29. The van der Waals surface area contributed by atoms with E-state index in [0.29, 0.717) is 22.4 Å². The maximum Gasteiger partial charge on any atom is 0.278 e. The van der Waals surface area contributed by atoms with E-state index in [0.717, 1.165) is 24.1 Å². The maximum absolute atomic E-state index is 12.7. The summed E-state index contributed by atoms with van der Waals surface area (Å²) in [6, 6.07) is 9.36. The van der Waals surface area contributed by atoms with Crippen LogP contribution in [0.5, 0.6) is 0 Å². The molecule has 2 heterocycles. The lowest BCUT2D eigenvalue weighted by atomic mass is 10.0. The van der Waals surface area contributed by atoms with Gasteiger partial charge in [-0.3, -0.25) is 4.79 Å². The quantitative estimate of drug-likeness (QED) is 0.817. The number of rotatable bonds is 1. The third-order valence-electron chi connectivity index (χ3n) is 3.43. The first kappa shape index (κ1) is 13.1. The summed E-state index contributed by atoms with van der Waals surface area (Å²) in [5.74, 6) is -0.0935. The van der Waals surface area contributed by atoms with Gasteiger partial charge in [-0.15, -0.1) is 0 Å². The number of aryl methyl sites for hydroxylation is 1. The van der Waals surface area contributed by atoms with Crippen LogP contribution in [0.1, 0.15) is 22.5 Å². The predicted molar refractivity (Wildman–Crippen MR) is 82.8 cm³/mol. The second kappa shape index (κ2) is 5.25. The number of nitrogens with two attached hydrogens (primary N) is 1. The van der Waals surface area contributed by atoms with Crippen LogP contribution in [0.4, 0.5) is 11.4 Å². The van der Waals surface area contributed by atoms with E-state index in [2.05, 4.69) is 20.9 Å². The van der Waals surface area contributed by atoms with Crippen LogP contribution >= 0.6 is 15.9 Å². The fraction of sp³-hybridized carbons (Fsp3) is 0.200. The molecule has 0 atom stereocenters. The lowest BCUT2D eigenvalue weighted by molar-refractivity contribution is 0.0979. The fourth-order valence-corrected chi connectivity index (χ4v) is 2.90. The zero-order chi connectivity index (χ0) is 14.1. The van der Waals surface area contributed by atoms with E-state index in [1.54, 1.807) is 17.2 Å². The molecule has 1 aromatic carbocycles. The summed E-state index contributed by atoms with van der Waals surface area (Å²) in [5.41, 5.74) is 9.01. The Labute approximate surface area is 125 Å². The van der Waals surface area contributed by atoms with E-state index >= 15 is 0 Å². The summed E-state index contributed by atoms with van der Waals surface area (Å²) >= 11 is 3.38. The molecule has 1 aliphatic heterocycles. The summed E-state index contributed by atoms with van der Waals surface area (Å²) in [7, 11) is 0. The van der Waals surface area contributed by atoms with Crippen LogP contribution < -0.4 is 10.6 Å². The number of aromatic nitrogens is 1. The Morgan fingerprint density at radius 2 is 2.20 bits per heavy atom. The number of anilines is 2. The molecule has 5 heteroatoms. The molecule has 4 nitrogen and oxygen atoms in total. The molecule has 0 saturated carbocycles. The van der Waals surface area contributed by atoms with Gasteiger partial charge in [0.25, 0.3) is 5.91 Å². The molecule has 1 aromatic heterocycles. The second-order valence-electron chi connectivity index (χ2n) is 4.78. The molecule has 3 rings (SSSR count). The van der Waals surface area contributed by atoms with Crippen molar-refractivity contribution in [1.82, 2.24) is 4.98 Å². The van der Waals surface area contributed by atoms with Gasteiger partial charge >= 0.3 is 0 Å². The third-order valence-corrected chi connectivity index (χ3v) is 4.07. The summed E-state index contributed by atoms with van der Waals surface area (Å²) in [6.07, 6.45) is 3.55. The van der Waals surface area contributed by atoms with Gasteiger partial charge in [-0.2, -0.15) is 0 Å². The van der Waals surface area contributed by atoms with Crippen molar-refractivity contribution in [3.05, 3.63) is 52.3 Å². The first-order valence-electron chi connectivity index (χ1n) is 6.47. The molecule has 2 N–H and O–H groups in total. The van der Waals surface area contributed by atoms with Gasteiger partial charge < -0.3 is 10.6 Å². The molecule has 0 bridgehead atoms. The van der Waals surface area contributed by atoms with Crippen LogP contribution in [-0.4, -0.2) is 17.4 Å². The number of nitrogen functional groups attached to an aromatic ring is 1. The molecule has 0 aliphatic carbocycles. The Morgan fingerprint density at radius 3 is 3.00 bits per heavy atom. The standard InChI is InChI=1S/C15H14BrN3O/c16-12-4-1-7-18-14(12)15(20)19-8-2-3-10-5-6-11(17)9-13(10)19/h1,4-7,9H,2-3,8,17H2. The van der Waals surface area contributed by atoms with Gasteiger partial charge in [0.15, 0.2) is 0 Å². The fourth-order valence-electron chi connectivity index (χ4n) is 2.47. The molecule has 102 valence electrons. The Hall–Kier alpha value is -1.88. The van der Waals surface area contributed by atoms with Gasteiger partial charge in [-0.25, -0.2) is 4.98 Å². The van der Waals surface area contributed by atoms with Crippen molar-refractivity contribution in [1.29, 1.82) is 0 Å². The van der Waals surface area contributed by atoms with Crippen molar-refractivity contribution in [3.63, 3.8) is 0 Å². The van der Waals surface area contributed by atoms with E-state index in [-0.39, 0.29) is 5.91 Å². The summed E-state index contributed by atoms with van der Waals surface area (Å²) in [4.78, 5) is 18.6. The van der Waals surface area contributed by atoms with Gasteiger partial charge in [0.05, 0.1) is 0 Å². The van der Waals surface area contributed by atoms with Crippen molar-refractivity contribution in [2.45, 2.75) is 12.8 Å². The van der Waals surface area contributed by atoms with Gasteiger partial charge in [0, 0.05) is 28.6 Å². The van der Waals surface area contributed by atoms with Crippen LogP contribution in [0.3, 0.4) is 0 Å². The Bertz CT molecular complexity index is 672. The number of pyridine rings is 1. The zero-order valence-electron chi connectivity index (χ0n) is 10.8. The average molecular weight is 332 g/mol. The minimum Gasteiger partial charge on any atom is -0.399 e. The van der Waals surface area contributed by atoms with Crippen LogP contribution in [0.25, 0.3) is 0 Å². The number of nitrogens with zero attached hydrogens (tertiary/aromatic N) is 2. The zero-order valence-corrected chi connectivity index (χ0v) is 12.4. The number of hydrogen-bond acceptors (Lipinski definition) is 3. The van der Waals surface area contributed by atoms with Crippen LogP contribution in [0.2, 0.25) is 0 Å². The maximum atomic E-state index is 12.7. The summed E-state index contributed by atoms with van der Waals surface area (Å²) in [5, 5.41) is 0. The predicted octanol–water partition coefficient (Wildman–Crippen LogP) is 3.02. The lowest BCUT2D eigenvalue weighted by Crippen LogP contribution is -2.36. The Morgan fingerprint density at radius 1 is 1.35 bits per heavy atom. The molecule has 0 radical (unpaired) electrons. The minimum absolute atomic E-state index is 0.0935. The first-order chi connectivity index (χ1) is 9.66. The number of carbonyl (C=O) groups excluding carboxylic acids is 1. The van der Waals surface area contributed by atoms with Crippen LogP contribution in [-0.2, 0) is 6.42 Å². The molecule has 0 spiro atoms. The molecule has 2 aromatic rings. The SMILES string of the molecule is Nc1ccc2c(c1)N(C(=O)c1ncccc1Br)CCC2. The Balaban J connectivity index is 2.03. The van der Waals surface area contributed by atoms with Gasteiger partial charge in [-0.05, 0) is 58.6 Å². The van der Waals surface area contributed by atoms with E-state index in [1.807, 2.05) is 24.3 Å². The van der Waals surface area contributed by atoms with Crippen molar-refractivity contribution < 1.29 is 4.79 Å². The molecule has 1 amide bonds. The molecular weight excluding hydrogens is 318 g/mol.